The Morgan fingerprint density at radius 1 is 1.35 bits per heavy atom. The van der Waals surface area contributed by atoms with Gasteiger partial charge in [-0.15, -0.1) is 24.0 Å². The van der Waals surface area contributed by atoms with Crippen LogP contribution in [0.4, 0.5) is 8.78 Å². The minimum Gasteiger partial charge on any atom is -0.352 e. The van der Waals surface area contributed by atoms with Crippen LogP contribution in [0.5, 0.6) is 0 Å². The fourth-order valence-corrected chi connectivity index (χ4v) is 1.29. The van der Waals surface area contributed by atoms with Crippen molar-refractivity contribution >= 4 is 29.9 Å². The maximum atomic E-state index is 13.3. The van der Waals surface area contributed by atoms with Crippen LogP contribution >= 0.6 is 24.0 Å². The van der Waals surface area contributed by atoms with Crippen molar-refractivity contribution in [2.75, 3.05) is 21.1 Å². The monoisotopic (exact) mass is 355 g/mol. The lowest BCUT2D eigenvalue weighted by molar-refractivity contribution is 0.562. The summed E-state index contributed by atoms with van der Waals surface area (Å²) in [6.45, 7) is 0.203. The molecule has 0 unspecified atom stereocenters. The zero-order chi connectivity index (χ0) is 12.1. The summed E-state index contributed by atoms with van der Waals surface area (Å²) in [5.41, 5.74) is 0.281. The summed E-state index contributed by atoms with van der Waals surface area (Å²) in [7, 11) is 5.26. The van der Waals surface area contributed by atoms with E-state index in [1.54, 1.807) is 11.9 Å². The molecule has 3 nitrogen and oxygen atoms in total. The Kier molecular flexibility index (Phi) is 7.01. The van der Waals surface area contributed by atoms with Crippen molar-refractivity contribution in [3.63, 3.8) is 0 Å². The van der Waals surface area contributed by atoms with Crippen LogP contribution in [0.15, 0.2) is 23.2 Å². The number of rotatable bonds is 2. The first kappa shape index (κ1) is 16.1. The second-order valence-corrected chi connectivity index (χ2v) is 3.53. The van der Waals surface area contributed by atoms with Crippen LogP contribution in [0.25, 0.3) is 0 Å². The molecule has 6 heteroatoms. The summed E-state index contributed by atoms with van der Waals surface area (Å²) < 4.78 is 26.1. The molecule has 0 atom stereocenters. The summed E-state index contributed by atoms with van der Waals surface area (Å²) >= 11 is 0. The Morgan fingerprint density at radius 3 is 2.53 bits per heavy atom. The number of nitrogens with one attached hydrogen (secondary N) is 1. The normalized spacial score (nSPS) is 10.8. The molecule has 1 aromatic rings. The van der Waals surface area contributed by atoms with Gasteiger partial charge in [-0.3, -0.25) is 4.99 Å². The smallest absolute Gasteiger partial charge is 0.193 e. The summed E-state index contributed by atoms with van der Waals surface area (Å²) in [5, 5.41) is 2.92. The molecule has 0 fully saturated rings. The third kappa shape index (κ3) is 4.84. The van der Waals surface area contributed by atoms with Gasteiger partial charge >= 0.3 is 0 Å². The molecule has 17 heavy (non-hydrogen) atoms. The highest BCUT2D eigenvalue weighted by Crippen LogP contribution is 2.09. The molecule has 0 aromatic heterocycles. The molecule has 0 aliphatic carbocycles. The van der Waals surface area contributed by atoms with Crippen LogP contribution < -0.4 is 5.32 Å². The molecule has 0 aliphatic rings. The fraction of sp³-hybridized carbons (Fsp3) is 0.364. The first-order valence-corrected chi connectivity index (χ1v) is 4.86. The van der Waals surface area contributed by atoms with Gasteiger partial charge in [0.2, 0.25) is 0 Å². The highest BCUT2D eigenvalue weighted by atomic mass is 127. The Balaban J connectivity index is 0.00000256. The van der Waals surface area contributed by atoms with E-state index in [0.29, 0.717) is 5.96 Å². The summed E-state index contributed by atoms with van der Waals surface area (Å²) in [4.78, 5) is 5.73. The number of nitrogens with zero attached hydrogens (tertiary/aromatic N) is 2. The zero-order valence-corrected chi connectivity index (χ0v) is 12.3. The van der Waals surface area contributed by atoms with E-state index in [2.05, 4.69) is 10.3 Å². The largest absolute Gasteiger partial charge is 0.352 e. The highest BCUT2D eigenvalue weighted by Gasteiger charge is 2.05. The first-order chi connectivity index (χ1) is 7.54. The third-order valence-corrected chi connectivity index (χ3v) is 2.08. The molecule has 1 rings (SSSR count). The molecule has 96 valence electrons. The van der Waals surface area contributed by atoms with Gasteiger partial charge in [-0.2, -0.15) is 0 Å². The number of aliphatic imine (C=N–C) groups is 1. The molecule has 1 N–H and O–H groups in total. The summed E-state index contributed by atoms with van der Waals surface area (Å²) in [6, 6.07) is 3.38. The van der Waals surface area contributed by atoms with E-state index in [0.717, 1.165) is 12.1 Å². The Labute approximate surface area is 117 Å². The van der Waals surface area contributed by atoms with Crippen LogP contribution in [-0.2, 0) is 6.54 Å². The van der Waals surface area contributed by atoms with Crippen molar-refractivity contribution < 1.29 is 8.78 Å². The lowest BCUT2D eigenvalue weighted by atomic mass is 10.2. The predicted octanol–water partition coefficient (Wildman–Crippen LogP) is 2.22. The second kappa shape index (κ2) is 7.41. The lowest BCUT2D eigenvalue weighted by Gasteiger charge is -2.17. The van der Waals surface area contributed by atoms with Gasteiger partial charge in [0.1, 0.15) is 11.6 Å². The highest BCUT2D eigenvalue weighted by molar-refractivity contribution is 14.0. The van der Waals surface area contributed by atoms with Gasteiger partial charge in [0.05, 0.1) is 0 Å². The minimum absolute atomic E-state index is 0. The molecule has 0 radical (unpaired) electrons. The molecular formula is C11H16F2IN3. The molecule has 0 spiro atoms. The average molecular weight is 355 g/mol. The Bertz CT molecular complexity index is 394. The van der Waals surface area contributed by atoms with Crippen molar-refractivity contribution in [2.45, 2.75) is 6.54 Å². The topological polar surface area (TPSA) is 27.6 Å². The van der Waals surface area contributed by atoms with Gasteiger partial charge in [-0.25, -0.2) is 8.78 Å². The van der Waals surface area contributed by atoms with Gasteiger partial charge in [0.25, 0.3) is 0 Å². The number of benzene rings is 1. The van der Waals surface area contributed by atoms with E-state index in [1.165, 1.54) is 6.07 Å². The number of halogens is 3. The van der Waals surface area contributed by atoms with Gasteiger partial charge in [0.15, 0.2) is 5.96 Å². The molecule has 0 aliphatic heterocycles. The fourth-order valence-electron chi connectivity index (χ4n) is 1.29. The van der Waals surface area contributed by atoms with E-state index in [1.807, 2.05) is 14.1 Å². The number of hydrogen-bond acceptors (Lipinski definition) is 1. The predicted molar refractivity (Wildman–Crippen MR) is 75.7 cm³/mol. The lowest BCUT2D eigenvalue weighted by Crippen LogP contribution is -2.35. The van der Waals surface area contributed by atoms with E-state index in [4.69, 9.17) is 0 Å². The molecule has 0 saturated heterocycles. The van der Waals surface area contributed by atoms with Crippen molar-refractivity contribution in [2.24, 2.45) is 4.99 Å². The van der Waals surface area contributed by atoms with Crippen LogP contribution in [-0.4, -0.2) is 32.0 Å². The summed E-state index contributed by atoms with van der Waals surface area (Å²) in [5.74, 6) is -0.259. The van der Waals surface area contributed by atoms with Gasteiger partial charge in [0, 0.05) is 33.3 Å². The van der Waals surface area contributed by atoms with E-state index in [9.17, 15) is 8.78 Å². The van der Waals surface area contributed by atoms with Gasteiger partial charge in [-0.1, -0.05) is 0 Å². The van der Waals surface area contributed by atoms with Gasteiger partial charge < -0.3 is 10.2 Å². The van der Waals surface area contributed by atoms with Crippen molar-refractivity contribution in [1.29, 1.82) is 0 Å². The van der Waals surface area contributed by atoms with Crippen LogP contribution in [0.1, 0.15) is 5.56 Å². The SMILES string of the molecule is CN=C(NCc1cc(F)ccc1F)N(C)C.I. The average Bonchev–Trinajstić information content (AvgIpc) is 2.23. The maximum absolute atomic E-state index is 13.3. The van der Waals surface area contributed by atoms with Crippen LogP contribution in [0.2, 0.25) is 0 Å². The number of guanidine groups is 1. The van der Waals surface area contributed by atoms with E-state index < -0.39 is 11.6 Å². The van der Waals surface area contributed by atoms with Crippen molar-refractivity contribution in [1.82, 2.24) is 10.2 Å². The third-order valence-electron chi connectivity index (χ3n) is 2.08. The minimum atomic E-state index is -0.446. The second-order valence-electron chi connectivity index (χ2n) is 3.53. The molecule has 0 bridgehead atoms. The Morgan fingerprint density at radius 2 is 2.00 bits per heavy atom. The molecule has 0 saturated carbocycles. The molecular weight excluding hydrogens is 339 g/mol. The molecule has 0 amide bonds. The van der Waals surface area contributed by atoms with Crippen molar-refractivity contribution in [3.05, 3.63) is 35.4 Å². The van der Waals surface area contributed by atoms with Crippen molar-refractivity contribution in [3.8, 4) is 0 Å². The molecule has 0 heterocycles. The summed E-state index contributed by atoms with van der Waals surface area (Å²) in [6.07, 6.45) is 0. The maximum Gasteiger partial charge on any atom is 0.193 e. The number of hydrogen-bond donors (Lipinski definition) is 1. The van der Waals surface area contributed by atoms with Crippen LogP contribution in [0.3, 0.4) is 0 Å². The van der Waals surface area contributed by atoms with Crippen LogP contribution in [0, 0.1) is 11.6 Å². The molecule has 1 aromatic carbocycles. The van der Waals surface area contributed by atoms with E-state index >= 15 is 0 Å². The van der Waals surface area contributed by atoms with Gasteiger partial charge in [-0.05, 0) is 18.2 Å². The van der Waals surface area contributed by atoms with E-state index in [-0.39, 0.29) is 36.1 Å². The zero-order valence-electron chi connectivity index (χ0n) is 10.00. The Hall–Kier alpha value is -0.920. The first-order valence-electron chi connectivity index (χ1n) is 4.86. The quantitative estimate of drug-likeness (QED) is 0.501. The standard InChI is InChI=1S/C11H15F2N3.HI/c1-14-11(16(2)3)15-7-8-6-9(12)4-5-10(8)13;/h4-6H,7H2,1-3H3,(H,14,15);1H.